The molecule has 0 aromatic carbocycles. The third-order valence-electron chi connectivity index (χ3n) is 1.85. The zero-order valence-corrected chi connectivity index (χ0v) is 10.6. The van der Waals surface area contributed by atoms with Crippen LogP contribution in [0.4, 0.5) is 0 Å². The molecule has 74 valence electrons. The third kappa shape index (κ3) is 2.05. The van der Waals surface area contributed by atoms with Gasteiger partial charge in [0.15, 0.2) is 4.67 Å². The average Bonchev–Trinajstić information content (AvgIpc) is 2.73. The lowest BCUT2D eigenvalue weighted by molar-refractivity contribution is 0.495. The Balaban J connectivity index is 2.28. The van der Waals surface area contributed by atoms with Crippen molar-refractivity contribution < 1.29 is 4.42 Å². The zero-order chi connectivity index (χ0) is 10.1. The zero-order valence-electron chi connectivity index (χ0n) is 7.46. The summed E-state index contributed by atoms with van der Waals surface area (Å²) in [5.41, 5.74) is 0. The molecule has 0 bridgehead atoms. The van der Waals surface area contributed by atoms with Crippen molar-refractivity contribution in [2.24, 2.45) is 0 Å². The monoisotopic (exact) mass is 290 g/mol. The molecule has 1 nitrogen and oxygen atoms in total. The summed E-state index contributed by atoms with van der Waals surface area (Å²) in [6.07, 6.45) is 0. The van der Waals surface area contributed by atoms with Gasteiger partial charge in [-0.3, -0.25) is 0 Å². The maximum Gasteiger partial charge on any atom is 0.169 e. The van der Waals surface area contributed by atoms with Gasteiger partial charge in [0.2, 0.25) is 0 Å². The summed E-state index contributed by atoms with van der Waals surface area (Å²) in [6, 6.07) is 7.84. The molecule has 14 heavy (non-hydrogen) atoms. The van der Waals surface area contributed by atoms with Gasteiger partial charge < -0.3 is 4.42 Å². The largest absolute Gasteiger partial charge is 0.452 e. The van der Waals surface area contributed by atoms with Crippen LogP contribution in [-0.2, 0) is 0 Å². The van der Waals surface area contributed by atoms with E-state index in [1.165, 1.54) is 4.88 Å². The Morgan fingerprint density at radius 3 is 2.64 bits per heavy atom. The lowest BCUT2D eigenvalue weighted by Gasteiger charge is -2.01. The highest BCUT2D eigenvalue weighted by Crippen LogP contribution is 2.35. The first kappa shape index (κ1) is 10.3. The first-order chi connectivity index (χ1) is 6.66. The standard InChI is InChI=1S/C10H8BrClOS/c1-6-2-4-8(14-6)10(12)7-3-5-9(11)13-7/h2-5,10H,1H3. The lowest BCUT2D eigenvalue weighted by Crippen LogP contribution is -1.85. The Morgan fingerprint density at radius 2 is 2.14 bits per heavy atom. The summed E-state index contributed by atoms with van der Waals surface area (Å²) in [4.78, 5) is 2.38. The molecule has 0 aliphatic carbocycles. The summed E-state index contributed by atoms with van der Waals surface area (Å²) in [5.74, 6) is 0.778. The van der Waals surface area contributed by atoms with E-state index in [2.05, 4.69) is 28.9 Å². The second-order valence-electron chi connectivity index (χ2n) is 2.95. The van der Waals surface area contributed by atoms with E-state index >= 15 is 0 Å². The fourth-order valence-electron chi connectivity index (χ4n) is 1.19. The van der Waals surface area contributed by atoms with Crippen LogP contribution in [0.25, 0.3) is 0 Å². The van der Waals surface area contributed by atoms with E-state index in [9.17, 15) is 0 Å². The molecular weight excluding hydrogens is 284 g/mol. The highest BCUT2D eigenvalue weighted by atomic mass is 79.9. The van der Waals surface area contributed by atoms with Crippen molar-refractivity contribution in [1.82, 2.24) is 0 Å². The van der Waals surface area contributed by atoms with Gasteiger partial charge in [-0.1, -0.05) is 0 Å². The Labute approximate surface area is 99.8 Å². The SMILES string of the molecule is Cc1ccc(C(Cl)c2ccc(Br)o2)s1. The molecule has 0 N–H and O–H groups in total. The molecule has 0 amide bonds. The van der Waals surface area contributed by atoms with Crippen molar-refractivity contribution in [3.63, 3.8) is 0 Å². The van der Waals surface area contributed by atoms with Crippen LogP contribution in [0.1, 0.15) is 20.9 Å². The minimum Gasteiger partial charge on any atom is -0.452 e. The van der Waals surface area contributed by atoms with Crippen LogP contribution in [0.2, 0.25) is 0 Å². The van der Waals surface area contributed by atoms with Crippen LogP contribution < -0.4 is 0 Å². The van der Waals surface area contributed by atoms with Crippen LogP contribution >= 0.6 is 38.9 Å². The highest BCUT2D eigenvalue weighted by Gasteiger charge is 2.16. The van der Waals surface area contributed by atoms with Gasteiger partial charge in [0.1, 0.15) is 11.1 Å². The molecule has 1 unspecified atom stereocenters. The van der Waals surface area contributed by atoms with Gasteiger partial charge in [-0.25, -0.2) is 0 Å². The van der Waals surface area contributed by atoms with Gasteiger partial charge in [-0.15, -0.1) is 22.9 Å². The van der Waals surface area contributed by atoms with E-state index in [-0.39, 0.29) is 5.38 Å². The Hall–Kier alpha value is -0.250. The Morgan fingerprint density at radius 1 is 1.36 bits per heavy atom. The van der Waals surface area contributed by atoms with Gasteiger partial charge in [-0.2, -0.15) is 0 Å². The van der Waals surface area contributed by atoms with Crippen molar-refractivity contribution >= 4 is 38.9 Å². The molecule has 4 heteroatoms. The molecule has 0 radical (unpaired) electrons. The van der Waals surface area contributed by atoms with E-state index in [1.54, 1.807) is 11.3 Å². The fourth-order valence-corrected chi connectivity index (χ4v) is 2.70. The minimum atomic E-state index is -0.181. The van der Waals surface area contributed by atoms with Crippen LogP contribution in [0.3, 0.4) is 0 Å². The first-order valence-electron chi connectivity index (χ1n) is 4.12. The normalized spacial score (nSPS) is 13.1. The van der Waals surface area contributed by atoms with Crippen molar-refractivity contribution in [2.45, 2.75) is 12.3 Å². The molecule has 1 atom stereocenters. The van der Waals surface area contributed by atoms with Crippen LogP contribution in [0, 0.1) is 6.92 Å². The predicted octanol–water partition coefficient (Wildman–Crippen LogP) is 4.74. The second-order valence-corrected chi connectivity index (χ2v) is 5.49. The average molecular weight is 292 g/mol. The van der Waals surface area contributed by atoms with Gasteiger partial charge in [0, 0.05) is 9.75 Å². The molecule has 0 aliphatic rings. The number of hydrogen-bond donors (Lipinski definition) is 0. The Kier molecular flexibility index (Phi) is 3.00. The Bertz CT molecular complexity index is 395. The molecule has 2 aromatic rings. The van der Waals surface area contributed by atoms with Crippen molar-refractivity contribution in [2.75, 3.05) is 0 Å². The van der Waals surface area contributed by atoms with Gasteiger partial charge in [-0.05, 0) is 47.1 Å². The number of rotatable bonds is 2. The molecule has 2 rings (SSSR count). The third-order valence-corrected chi connectivity index (χ3v) is 3.93. The molecule has 2 heterocycles. The summed E-state index contributed by atoms with van der Waals surface area (Å²) in [6.45, 7) is 2.07. The van der Waals surface area contributed by atoms with E-state index in [0.29, 0.717) is 4.67 Å². The van der Waals surface area contributed by atoms with E-state index in [0.717, 1.165) is 10.6 Å². The van der Waals surface area contributed by atoms with Crippen molar-refractivity contribution in [3.05, 3.63) is 44.4 Å². The van der Waals surface area contributed by atoms with E-state index < -0.39 is 0 Å². The molecule has 2 aromatic heterocycles. The highest BCUT2D eigenvalue weighted by molar-refractivity contribution is 9.10. The lowest BCUT2D eigenvalue weighted by atomic mass is 10.3. The number of aryl methyl sites for hydroxylation is 1. The van der Waals surface area contributed by atoms with Gasteiger partial charge >= 0.3 is 0 Å². The maximum absolute atomic E-state index is 6.25. The molecule has 0 saturated heterocycles. The quantitative estimate of drug-likeness (QED) is 0.728. The molecule has 0 aliphatic heterocycles. The fraction of sp³-hybridized carbons (Fsp3) is 0.200. The molecule has 0 fully saturated rings. The molecular formula is C10H8BrClOS. The summed E-state index contributed by atoms with van der Waals surface area (Å²) in [5, 5.41) is -0.181. The van der Waals surface area contributed by atoms with E-state index in [4.69, 9.17) is 16.0 Å². The maximum atomic E-state index is 6.25. The topological polar surface area (TPSA) is 13.1 Å². The van der Waals surface area contributed by atoms with Crippen LogP contribution in [0.5, 0.6) is 0 Å². The number of halogens is 2. The predicted molar refractivity (Wildman–Crippen MR) is 63.2 cm³/mol. The number of alkyl halides is 1. The van der Waals surface area contributed by atoms with Crippen molar-refractivity contribution in [1.29, 1.82) is 0 Å². The summed E-state index contributed by atoms with van der Waals surface area (Å²) >= 11 is 11.2. The first-order valence-corrected chi connectivity index (χ1v) is 6.17. The minimum absolute atomic E-state index is 0.181. The summed E-state index contributed by atoms with van der Waals surface area (Å²) < 4.78 is 6.11. The number of hydrogen-bond acceptors (Lipinski definition) is 2. The van der Waals surface area contributed by atoms with Crippen LogP contribution in [0.15, 0.2) is 33.4 Å². The summed E-state index contributed by atoms with van der Waals surface area (Å²) in [7, 11) is 0. The van der Waals surface area contributed by atoms with Gasteiger partial charge in [0.25, 0.3) is 0 Å². The van der Waals surface area contributed by atoms with E-state index in [1.807, 2.05) is 18.2 Å². The second kappa shape index (κ2) is 4.09. The van der Waals surface area contributed by atoms with Gasteiger partial charge in [0.05, 0.1) is 0 Å². The number of furan rings is 1. The number of thiophene rings is 1. The molecule has 0 spiro atoms. The molecule has 0 saturated carbocycles. The van der Waals surface area contributed by atoms with Crippen LogP contribution in [-0.4, -0.2) is 0 Å². The smallest absolute Gasteiger partial charge is 0.169 e. The van der Waals surface area contributed by atoms with Crippen molar-refractivity contribution in [3.8, 4) is 0 Å².